The molecule has 1 amide bonds. The molecule has 0 aliphatic carbocycles. The summed E-state index contributed by atoms with van der Waals surface area (Å²) >= 11 is 0. The van der Waals surface area contributed by atoms with E-state index in [0.29, 0.717) is 0 Å². The zero-order chi connectivity index (χ0) is 14.6. The molecule has 0 aromatic heterocycles. The monoisotopic (exact) mass is 267 g/mol. The highest BCUT2D eigenvalue weighted by atomic mass is 19.1. The van der Waals surface area contributed by atoms with Crippen LogP contribution in [0.5, 0.6) is 0 Å². The second kappa shape index (κ2) is 6.14. The summed E-state index contributed by atoms with van der Waals surface area (Å²) in [4.78, 5) is 13.5. The van der Waals surface area contributed by atoms with E-state index in [2.05, 4.69) is 0 Å². The molecule has 6 heteroatoms. The van der Waals surface area contributed by atoms with Gasteiger partial charge in [-0.05, 0) is 26.0 Å². The van der Waals surface area contributed by atoms with Gasteiger partial charge in [0.25, 0.3) is 5.91 Å². The number of benzene rings is 1. The molecule has 1 rings (SSSR count). The average molecular weight is 267 g/mol. The number of hydrogen-bond donors (Lipinski definition) is 1. The molecule has 0 aliphatic rings. The van der Waals surface area contributed by atoms with E-state index < -0.39 is 28.8 Å². The smallest absolute Gasteiger partial charge is 0.257 e. The Morgan fingerprint density at radius 2 is 2.11 bits per heavy atom. The van der Waals surface area contributed by atoms with Gasteiger partial charge in [0, 0.05) is 12.6 Å². The summed E-state index contributed by atoms with van der Waals surface area (Å²) in [5.41, 5.74) is 4.47. The van der Waals surface area contributed by atoms with Crippen molar-refractivity contribution in [2.45, 2.75) is 26.3 Å². The van der Waals surface area contributed by atoms with Crippen molar-refractivity contribution >= 4 is 11.6 Å². The molecule has 102 valence electrons. The van der Waals surface area contributed by atoms with E-state index in [4.69, 9.17) is 11.0 Å². The quantitative estimate of drug-likeness (QED) is 0.851. The second-order valence-corrected chi connectivity index (χ2v) is 4.36. The third-order valence-corrected chi connectivity index (χ3v) is 2.64. The number of rotatable bonds is 4. The molecular formula is C13H15F2N3O. The molecule has 19 heavy (non-hydrogen) atoms. The Morgan fingerprint density at radius 3 is 2.63 bits per heavy atom. The largest absolute Gasteiger partial charge is 0.396 e. The van der Waals surface area contributed by atoms with E-state index >= 15 is 0 Å². The maximum atomic E-state index is 13.8. The molecule has 1 aromatic carbocycles. The van der Waals surface area contributed by atoms with E-state index in [1.807, 2.05) is 6.07 Å². The Bertz CT molecular complexity index is 523. The summed E-state index contributed by atoms with van der Waals surface area (Å²) in [6.07, 6.45) is 0.121. The number of hydrogen-bond acceptors (Lipinski definition) is 3. The lowest BCUT2D eigenvalue weighted by atomic mass is 10.1. The van der Waals surface area contributed by atoms with Gasteiger partial charge in [-0.25, -0.2) is 8.78 Å². The van der Waals surface area contributed by atoms with Crippen LogP contribution in [0.4, 0.5) is 14.5 Å². The number of carbonyl (C=O) groups excluding carboxylic acids is 1. The number of nitrogens with zero attached hydrogens (tertiary/aromatic N) is 2. The van der Waals surface area contributed by atoms with Crippen LogP contribution >= 0.6 is 0 Å². The van der Waals surface area contributed by atoms with Crippen LogP contribution in [0.15, 0.2) is 12.1 Å². The molecule has 0 saturated heterocycles. The van der Waals surface area contributed by atoms with Gasteiger partial charge in [0.15, 0.2) is 5.82 Å². The number of halogens is 2. The highest BCUT2D eigenvalue weighted by Gasteiger charge is 2.23. The lowest BCUT2D eigenvalue weighted by Gasteiger charge is -2.26. The van der Waals surface area contributed by atoms with Crippen molar-refractivity contribution in [1.29, 1.82) is 5.26 Å². The highest BCUT2D eigenvalue weighted by Crippen LogP contribution is 2.20. The Kier molecular flexibility index (Phi) is 4.81. The van der Waals surface area contributed by atoms with Crippen LogP contribution in [0.3, 0.4) is 0 Å². The van der Waals surface area contributed by atoms with Crippen molar-refractivity contribution in [1.82, 2.24) is 4.90 Å². The van der Waals surface area contributed by atoms with Crippen molar-refractivity contribution < 1.29 is 13.6 Å². The summed E-state index contributed by atoms with van der Waals surface area (Å²) in [6, 6.07) is 3.31. The molecule has 2 N–H and O–H groups in total. The molecule has 0 heterocycles. The van der Waals surface area contributed by atoms with E-state index in [-0.39, 0.29) is 19.0 Å². The number of amides is 1. The number of anilines is 1. The van der Waals surface area contributed by atoms with Crippen LogP contribution in [0.25, 0.3) is 0 Å². The van der Waals surface area contributed by atoms with Gasteiger partial charge in [-0.1, -0.05) is 0 Å². The fourth-order valence-electron chi connectivity index (χ4n) is 1.69. The van der Waals surface area contributed by atoms with Crippen molar-refractivity contribution in [3.05, 3.63) is 29.3 Å². The van der Waals surface area contributed by atoms with Crippen molar-refractivity contribution in [3.63, 3.8) is 0 Å². The van der Waals surface area contributed by atoms with Crippen LogP contribution < -0.4 is 5.73 Å². The SMILES string of the molecule is CC(C)N(CCC#N)C(=O)c1cc(F)cc(N)c1F. The van der Waals surface area contributed by atoms with Gasteiger partial charge in [0.05, 0.1) is 23.7 Å². The molecule has 0 aliphatic heterocycles. The second-order valence-electron chi connectivity index (χ2n) is 4.36. The number of carbonyl (C=O) groups is 1. The Morgan fingerprint density at radius 1 is 1.47 bits per heavy atom. The van der Waals surface area contributed by atoms with Crippen molar-refractivity contribution in [3.8, 4) is 6.07 Å². The minimum Gasteiger partial charge on any atom is -0.396 e. The lowest BCUT2D eigenvalue weighted by molar-refractivity contribution is 0.0705. The maximum Gasteiger partial charge on any atom is 0.257 e. The van der Waals surface area contributed by atoms with E-state index in [1.54, 1.807) is 13.8 Å². The Balaban J connectivity index is 3.13. The summed E-state index contributed by atoms with van der Waals surface area (Å²) < 4.78 is 27.0. The van der Waals surface area contributed by atoms with Gasteiger partial charge in [-0.15, -0.1) is 0 Å². The van der Waals surface area contributed by atoms with E-state index in [9.17, 15) is 13.6 Å². The third kappa shape index (κ3) is 3.41. The summed E-state index contributed by atoms with van der Waals surface area (Å²) in [5, 5.41) is 8.55. The molecule has 0 spiro atoms. The first-order valence-corrected chi connectivity index (χ1v) is 5.81. The van der Waals surface area contributed by atoms with Gasteiger partial charge in [0.2, 0.25) is 0 Å². The van der Waals surface area contributed by atoms with Gasteiger partial charge in [0.1, 0.15) is 5.82 Å². The van der Waals surface area contributed by atoms with Crippen LogP contribution in [0.1, 0.15) is 30.6 Å². The van der Waals surface area contributed by atoms with Crippen molar-refractivity contribution in [2.75, 3.05) is 12.3 Å². The molecule has 0 unspecified atom stereocenters. The molecule has 4 nitrogen and oxygen atoms in total. The fraction of sp³-hybridized carbons (Fsp3) is 0.385. The third-order valence-electron chi connectivity index (χ3n) is 2.64. The fourth-order valence-corrected chi connectivity index (χ4v) is 1.69. The van der Waals surface area contributed by atoms with Gasteiger partial charge in [-0.2, -0.15) is 5.26 Å². The van der Waals surface area contributed by atoms with E-state index in [0.717, 1.165) is 12.1 Å². The standard InChI is InChI=1S/C13H15F2N3O/c1-8(2)18(5-3-4-16)13(19)10-6-9(14)7-11(17)12(10)15/h6-8H,3,5,17H2,1-2H3. The predicted octanol–water partition coefficient (Wildman–Crippen LogP) is 2.31. The van der Waals surface area contributed by atoms with Gasteiger partial charge >= 0.3 is 0 Å². The summed E-state index contributed by atoms with van der Waals surface area (Å²) in [5.74, 6) is -2.38. The van der Waals surface area contributed by atoms with Crippen molar-refractivity contribution in [2.24, 2.45) is 0 Å². The molecule has 0 atom stereocenters. The van der Waals surface area contributed by atoms with E-state index in [1.165, 1.54) is 4.90 Å². The first-order chi connectivity index (χ1) is 8.88. The number of nitrogens with two attached hydrogens (primary N) is 1. The molecule has 0 fully saturated rings. The predicted molar refractivity (Wildman–Crippen MR) is 67.2 cm³/mol. The first kappa shape index (κ1) is 14.9. The van der Waals surface area contributed by atoms with Gasteiger partial charge in [-0.3, -0.25) is 4.79 Å². The number of nitrogen functional groups attached to an aromatic ring is 1. The maximum absolute atomic E-state index is 13.8. The highest BCUT2D eigenvalue weighted by molar-refractivity contribution is 5.95. The van der Waals surface area contributed by atoms with Gasteiger partial charge < -0.3 is 10.6 Å². The van der Waals surface area contributed by atoms with Crippen LogP contribution in [0.2, 0.25) is 0 Å². The average Bonchev–Trinajstić information content (AvgIpc) is 2.33. The van der Waals surface area contributed by atoms with Crippen LogP contribution in [-0.2, 0) is 0 Å². The lowest BCUT2D eigenvalue weighted by Crippen LogP contribution is -2.38. The minimum atomic E-state index is -0.936. The topological polar surface area (TPSA) is 70.1 Å². The molecule has 0 saturated carbocycles. The summed E-state index contributed by atoms with van der Waals surface area (Å²) in [7, 11) is 0. The Labute approximate surface area is 110 Å². The Hall–Kier alpha value is -2.16. The minimum absolute atomic E-state index is 0.121. The zero-order valence-corrected chi connectivity index (χ0v) is 10.8. The molecule has 0 radical (unpaired) electrons. The normalized spacial score (nSPS) is 10.3. The molecule has 0 bridgehead atoms. The first-order valence-electron chi connectivity index (χ1n) is 5.81. The van der Waals surface area contributed by atoms with Crippen LogP contribution in [-0.4, -0.2) is 23.4 Å². The van der Waals surface area contributed by atoms with Crippen LogP contribution in [0, 0.1) is 23.0 Å². The molecular weight excluding hydrogens is 252 g/mol. The molecule has 1 aromatic rings. The zero-order valence-electron chi connectivity index (χ0n) is 10.8. The number of nitriles is 1. The summed E-state index contributed by atoms with van der Waals surface area (Å²) in [6.45, 7) is 3.62.